The first kappa shape index (κ1) is 13.7. The minimum Gasteiger partial charge on any atom is -0.372 e. The average Bonchev–Trinajstić information content (AvgIpc) is 3.27. The lowest BCUT2D eigenvalue weighted by molar-refractivity contribution is 0.0420. The van der Waals surface area contributed by atoms with Crippen LogP contribution < -0.4 is 5.32 Å². The van der Waals surface area contributed by atoms with Crippen molar-refractivity contribution >= 4 is 0 Å². The first-order chi connectivity index (χ1) is 10.4. The Morgan fingerprint density at radius 3 is 2.95 bits per heavy atom. The summed E-state index contributed by atoms with van der Waals surface area (Å²) in [5.41, 5.74) is 2.86. The molecule has 1 aromatic carbocycles. The molecule has 0 spiro atoms. The van der Waals surface area contributed by atoms with Crippen molar-refractivity contribution in [3.8, 4) is 0 Å². The Balaban J connectivity index is 1.26. The molecule has 3 aliphatic rings. The average molecular weight is 286 g/mol. The van der Waals surface area contributed by atoms with E-state index in [1.54, 1.807) is 0 Å². The fourth-order valence-electron chi connectivity index (χ4n) is 3.86. The topological polar surface area (TPSA) is 24.5 Å². The maximum atomic E-state index is 5.97. The van der Waals surface area contributed by atoms with E-state index in [1.165, 1.54) is 43.5 Å². The van der Waals surface area contributed by atoms with E-state index in [0.29, 0.717) is 0 Å². The number of ether oxygens (including phenoxy) is 1. The number of benzene rings is 1. The highest BCUT2D eigenvalue weighted by Gasteiger charge is 2.34. The standard InChI is InChI=1S/C18H26N2O/c1-2-4-17-15(3-1)8-10-21-18(17)12-19-11-14-7-9-20(13-14)16-5-6-16/h1-4,14,16,18-19H,5-13H2. The molecule has 21 heavy (non-hydrogen) atoms. The van der Waals surface area contributed by atoms with Gasteiger partial charge in [-0.15, -0.1) is 0 Å². The maximum absolute atomic E-state index is 5.97. The number of likely N-dealkylation sites (tertiary alicyclic amines) is 1. The minimum atomic E-state index is 0.246. The van der Waals surface area contributed by atoms with Gasteiger partial charge in [0.2, 0.25) is 0 Å². The van der Waals surface area contributed by atoms with Gasteiger partial charge in [0.05, 0.1) is 12.7 Å². The third-order valence-electron chi connectivity index (χ3n) is 5.24. The molecule has 0 bridgehead atoms. The fraction of sp³-hybridized carbons (Fsp3) is 0.667. The quantitative estimate of drug-likeness (QED) is 0.899. The van der Waals surface area contributed by atoms with Crippen LogP contribution in [0, 0.1) is 5.92 Å². The van der Waals surface area contributed by atoms with Crippen LogP contribution in [0.15, 0.2) is 24.3 Å². The van der Waals surface area contributed by atoms with Gasteiger partial charge >= 0.3 is 0 Å². The van der Waals surface area contributed by atoms with Crippen LogP contribution in [0.25, 0.3) is 0 Å². The highest BCUT2D eigenvalue weighted by molar-refractivity contribution is 5.31. The van der Waals surface area contributed by atoms with Crippen LogP contribution in [-0.2, 0) is 11.2 Å². The Bertz CT molecular complexity index is 486. The van der Waals surface area contributed by atoms with Crippen LogP contribution in [0.5, 0.6) is 0 Å². The van der Waals surface area contributed by atoms with Crippen molar-refractivity contribution in [2.75, 3.05) is 32.8 Å². The summed E-state index contributed by atoms with van der Waals surface area (Å²) in [6.45, 7) is 5.59. The van der Waals surface area contributed by atoms with Crippen molar-refractivity contribution in [2.45, 2.75) is 37.8 Å². The van der Waals surface area contributed by atoms with Gasteiger partial charge in [-0.2, -0.15) is 0 Å². The van der Waals surface area contributed by atoms with Gasteiger partial charge in [-0.3, -0.25) is 0 Å². The normalized spacial score (nSPS) is 29.5. The fourth-order valence-corrected chi connectivity index (χ4v) is 3.86. The van der Waals surface area contributed by atoms with Crippen molar-refractivity contribution < 1.29 is 4.74 Å². The molecule has 2 atom stereocenters. The molecule has 1 saturated carbocycles. The predicted molar refractivity (Wildman–Crippen MR) is 84.4 cm³/mol. The zero-order chi connectivity index (χ0) is 14.1. The van der Waals surface area contributed by atoms with E-state index < -0.39 is 0 Å². The molecule has 0 aromatic heterocycles. The molecule has 2 fully saturated rings. The second kappa shape index (κ2) is 6.07. The molecule has 1 aliphatic carbocycles. The molecule has 0 amide bonds. The molecular formula is C18H26N2O. The maximum Gasteiger partial charge on any atom is 0.0952 e. The van der Waals surface area contributed by atoms with Gasteiger partial charge in [-0.05, 0) is 55.8 Å². The van der Waals surface area contributed by atoms with Crippen LogP contribution in [0.2, 0.25) is 0 Å². The second-order valence-electron chi connectivity index (χ2n) is 6.85. The van der Waals surface area contributed by atoms with E-state index in [9.17, 15) is 0 Å². The van der Waals surface area contributed by atoms with E-state index in [2.05, 4.69) is 34.5 Å². The number of fused-ring (bicyclic) bond motifs is 1. The minimum absolute atomic E-state index is 0.246. The molecule has 2 aliphatic heterocycles. The lowest BCUT2D eigenvalue weighted by Crippen LogP contribution is -2.32. The summed E-state index contributed by atoms with van der Waals surface area (Å²) in [7, 11) is 0. The predicted octanol–water partition coefficient (Wildman–Crippen LogP) is 2.37. The van der Waals surface area contributed by atoms with E-state index in [4.69, 9.17) is 4.74 Å². The first-order valence-electron chi connectivity index (χ1n) is 8.54. The monoisotopic (exact) mass is 286 g/mol. The Hall–Kier alpha value is -0.900. The van der Waals surface area contributed by atoms with Crippen molar-refractivity contribution in [2.24, 2.45) is 5.92 Å². The van der Waals surface area contributed by atoms with Gasteiger partial charge < -0.3 is 15.0 Å². The summed E-state index contributed by atoms with van der Waals surface area (Å²) < 4.78 is 5.97. The number of hydrogen-bond acceptors (Lipinski definition) is 3. The lowest BCUT2D eigenvalue weighted by atomic mass is 9.97. The van der Waals surface area contributed by atoms with Gasteiger partial charge in [0.25, 0.3) is 0 Å². The number of rotatable bonds is 5. The molecule has 2 heterocycles. The van der Waals surface area contributed by atoms with E-state index in [1.807, 2.05) is 0 Å². The van der Waals surface area contributed by atoms with Gasteiger partial charge in [-0.1, -0.05) is 24.3 Å². The molecule has 3 heteroatoms. The molecule has 1 saturated heterocycles. The van der Waals surface area contributed by atoms with Gasteiger partial charge in [0, 0.05) is 19.1 Å². The van der Waals surface area contributed by atoms with Crippen molar-refractivity contribution in [3.63, 3.8) is 0 Å². The lowest BCUT2D eigenvalue weighted by Gasteiger charge is -2.26. The molecule has 114 valence electrons. The smallest absolute Gasteiger partial charge is 0.0952 e. The van der Waals surface area contributed by atoms with Gasteiger partial charge in [0.15, 0.2) is 0 Å². The molecular weight excluding hydrogens is 260 g/mol. The third-order valence-corrected chi connectivity index (χ3v) is 5.24. The Labute approximate surface area is 127 Å². The Morgan fingerprint density at radius 1 is 1.14 bits per heavy atom. The zero-order valence-corrected chi connectivity index (χ0v) is 12.8. The Kier molecular flexibility index (Phi) is 3.97. The zero-order valence-electron chi connectivity index (χ0n) is 12.8. The summed E-state index contributed by atoms with van der Waals surface area (Å²) in [5, 5.41) is 3.67. The second-order valence-corrected chi connectivity index (χ2v) is 6.85. The summed E-state index contributed by atoms with van der Waals surface area (Å²) in [4.78, 5) is 2.69. The van der Waals surface area contributed by atoms with E-state index in [0.717, 1.165) is 38.1 Å². The number of nitrogens with zero attached hydrogens (tertiary/aromatic N) is 1. The SMILES string of the molecule is c1ccc2c(c1)CCOC2CNCC1CCN(C2CC2)C1. The molecule has 1 N–H and O–H groups in total. The van der Waals surface area contributed by atoms with Crippen molar-refractivity contribution in [3.05, 3.63) is 35.4 Å². The highest BCUT2D eigenvalue weighted by Crippen LogP contribution is 2.31. The van der Waals surface area contributed by atoms with E-state index >= 15 is 0 Å². The Morgan fingerprint density at radius 2 is 2.05 bits per heavy atom. The first-order valence-corrected chi connectivity index (χ1v) is 8.54. The molecule has 3 nitrogen and oxygen atoms in total. The van der Waals surface area contributed by atoms with Gasteiger partial charge in [-0.25, -0.2) is 0 Å². The van der Waals surface area contributed by atoms with Crippen LogP contribution in [0.1, 0.15) is 36.5 Å². The summed E-state index contributed by atoms with van der Waals surface area (Å²) >= 11 is 0. The molecule has 0 radical (unpaired) electrons. The number of hydrogen-bond donors (Lipinski definition) is 1. The number of nitrogens with one attached hydrogen (secondary N) is 1. The largest absolute Gasteiger partial charge is 0.372 e. The molecule has 4 rings (SSSR count). The van der Waals surface area contributed by atoms with Crippen LogP contribution >= 0.6 is 0 Å². The summed E-state index contributed by atoms with van der Waals surface area (Å²) in [6, 6.07) is 9.68. The molecule has 1 aromatic rings. The van der Waals surface area contributed by atoms with Crippen LogP contribution in [-0.4, -0.2) is 43.7 Å². The molecule has 2 unspecified atom stereocenters. The van der Waals surface area contributed by atoms with Crippen molar-refractivity contribution in [1.82, 2.24) is 10.2 Å². The van der Waals surface area contributed by atoms with E-state index in [-0.39, 0.29) is 6.10 Å². The van der Waals surface area contributed by atoms with Crippen LogP contribution in [0.3, 0.4) is 0 Å². The van der Waals surface area contributed by atoms with Gasteiger partial charge in [0.1, 0.15) is 0 Å². The third kappa shape index (κ3) is 3.15. The summed E-state index contributed by atoms with van der Waals surface area (Å²) in [5.74, 6) is 0.837. The highest BCUT2D eigenvalue weighted by atomic mass is 16.5. The summed E-state index contributed by atoms with van der Waals surface area (Å²) in [6.07, 6.45) is 5.55. The van der Waals surface area contributed by atoms with Crippen LogP contribution in [0.4, 0.5) is 0 Å². The van der Waals surface area contributed by atoms with Crippen molar-refractivity contribution in [1.29, 1.82) is 0 Å².